The molecule has 0 aliphatic heterocycles. The fraction of sp³-hybridized carbons (Fsp3) is 0. The Bertz CT molecular complexity index is 1490. The van der Waals surface area contributed by atoms with Gasteiger partial charge < -0.3 is 1.43 Å². The van der Waals surface area contributed by atoms with Crippen LogP contribution in [0.15, 0.2) is 58.3 Å². The molecule has 4 rings (SSSR count). The summed E-state index contributed by atoms with van der Waals surface area (Å²) >= 11 is 9.94. The van der Waals surface area contributed by atoms with Gasteiger partial charge in [-0.05, 0) is 60.8 Å². The predicted molar refractivity (Wildman–Crippen MR) is 110 cm³/mol. The van der Waals surface area contributed by atoms with Crippen LogP contribution in [0.5, 0.6) is 0 Å². The Morgan fingerprint density at radius 1 is 0.781 bits per heavy atom. The van der Waals surface area contributed by atoms with Crippen LogP contribution < -0.4 is 29.6 Å². The number of aromatic nitrogens is 8. The van der Waals surface area contributed by atoms with Gasteiger partial charge in [-0.25, -0.2) is 9.36 Å². The Hall–Kier alpha value is -2.12. The Kier molecular flexibility index (Phi) is 7.20. The molecule has 0 atom stereocenters. The first-order chi connectivity index (χ1) is 14.7. The van der Waals surface area contributed by atoms with E-state index in [0.717, 1.165) is 12.1 Å². The van der Waals surface area contributed by atoms with E-state index in [4.69, 9.17) is 24.4 Å². The molecule has 0 saturated heterocycles. The molecule has 2 N–H and O–H groups in total. The molecule has 0 spiro atoms. The molecule has 4 aromatic rings. The van der Waals surface area contributed by atoms with Crippen LogP contribution >= 0.6 is 24.4 Å². The molecule has 0 aliphatic carbocycles. The number of hydrogen-bond donors (Lipinski definition) is 2. The van der Waals surface area contributed by atoms with Gasteiger partial charge in [-0.1, -0.05) is 32.8 Å². The molecule has 13 nitrogen and oxygen atoms in total. The molecular weight excluding hydrogens is 511 g/mol. The van der Waals surface area contributed by atoms with Gasteiger partial charge in [0.25, 0.3) is 0 Å². The molecule has 2 heterocycles. The second-order valence-electron chi connectivity index (χ2n) is 5.81. The van der Waals surface area contributed by atoms with Crippen molar-refractivity contribution in [1.82, 2.24) is 40.4 Å². The fourth-order valence-corrected chi connectivity index (χ4v) is 5.45. The first kappa shape index (κ1) is 24.5. The number of H-pyrrole nitrogens is 2. The van der Waals surface area contributed by atoms with E-state index in [9.17, 15) is 16.8 Å². The largest absolute Gasteiger partial charge is 1.00 e. The van der Waals surface area contributed by atoms with Gasteiger partial charge in [0.15, 0.2) is 0 Å². The summed E-state index contributed by atoms with van der Waals surface area (Å²) in [5.74, 6) is 0. The third-order valence-electron chi connectivity index (χ3n) is 3.85. The van der Waals surface area contributed by atoms with Crippen molar-refractivity contribution < 1.29 is 51.4 Å². The van der Waals surface area contributed by atoms with Crippen LogP contribution in [0, 0.1) is 9.54 Å². The molecule has 0 fully saturated rings. The summed E-state index contributed by atoms with van der Waals surface area (Å²) in [6, 6.07) is 10.5. The summed E-state index contributed by atoms with van der Waals surface area (Å²) in [6.45, 7) is 0. The normalized spacial score (nSPS) is 11.8. The van der Waals surface area contributed by atoms with Crippen molar-refractivity contribution in [3.63, 3.8) is 0 Å². The summed E-state index contributed by atoms with van der Waals surface area (Å²) in [7, 11) is -9.43. The maximum atomic E-state index is 12.7. The van der Waals surface area contributed by atoms with E-state index >= 15 is 0 Å². The van der Waals surface area contributed by atoms with Crippen LogP contribution in [-0.2, 0) is 23.9 Å². The molecule has 0 bridgehead atoms. The zero-order valence-corrected chi connectivity index (χ0v) is 21.2. The van der Waals surface area contributed by atoms with Crippen molar-refractivity contribution in [2.45, 2.75) is 9.79 Å². The van der Waals surface area contributed by atoms with E-state index in [2.05, 4.69) is 34.7 Å². The quantitative estimate of drug-likeness (QED) is 0.216. The molecule has 0 unspecified atom stereocenters. The van der Waals surface area contributed by atoms with Crippen LogP contribution in [0.4, 0.5) is 0 Å². The molecule has 0 saturated carbocycles. The number of hydrogen-bond acceptors (Lipinski definition) is 11. The van der Waals surface area contributed by atoms with Crippen LogP contribution in [0.2, 0.25) is 0 Å². The van der Waals surface area contributed by atoms with Crippen molar-refractivity contribution in [2.24, 2.45) is 0 Å². The first-order valence-corrected chi connectivity index (χ1v) is 11.7. The zero-order chi connectivity index (χ0) is 22.2. The van der Waals surface area contributed by atoms with E-state index in [1.54, 1.807) is 0 Å². The molecule has 0 radical (unpaired) electrons. The summed E-state index contributed by atoms with van der Waals surface area (Å²) in [5, 5.41) is 19.2. The Morgan fingerprint density at radius 2 is 1.19 bits per heavy atom. The van der Waals surface area contributed by atoms with Gasteiger partial charge in [0, 0.05) is 0 Å². The van der Waals surface area contributed by atoms with E-state index in [1.807, 2.05) is 0 Å². The van der Waals surface area contributed by atoms with Gasteiger partial charge in [0.05, 0.1) is 21.2 Å². The van der Waals surface area contributed by atoms with Gasteiger partial charge in [-0.2, -0.15) is 27.3 Å². The molecule has 0 aliphatic rings. The fourth-order valence-electron chi connectivity index (χ4n) is 2.48. The maximum absolute atomic E-state index is 12.7. The summed E-state index contributed by atoms with van der Waals surface area (Å²) < 4.78 is 57.8. The van der Waals surface area contributed by atoms with Crippen LogP contribution in [0.25, 0.3) is 11.4 Å². The second-order valence-corrected chi connectivity index (χ2v) is 9.84. The van der Waals surface area contributed by atoms with Gasteiger partial charge in [-0.15, -0.1) is 3.63 Å². The van der Waals surface area contributed by atoms with E-state index in [0.29, 0.717) is 0 Å². The van der Waals surface area contributed by atoms with Crippen LogP contribution in [0.1, 0.15) is 1.43 Å². The monoisotopic (exact) mass is 522 g/mol. The second kappa shape index (κ2) is 9.40. The van der Waals surface area contributed by atoms with Crippen molar-refractivity contribution >= 4 is 44.7 Å². The Labute approximate surface area is 214 Å². The van der Waals surface area contributed by atoms with Crippen molar-refractivity contribution in [3.8, 4) is 11.4 Å². The minimum absolute atomic E-state index is 0. The standard InChI is InChI=1S/C14H10N8O5S4.Na.H/c23-30(24,11-5-1-3-9(7-11)21-13(28)15-17-19-21)27-31(25,26)12-6-2-4-10(8-12)22-14(29)16-18-20-22;;/h1-8H,(H,15,19,28)(H,16,20,29);;/q;+1;-1. The molecule has 2 aromatic heterocycles. The van der Waals surface area contributed by atoms with E-state index < -0.39 is 30.0 Å². The van der Waals surface area contributed by atoms with Crippen molar-refractivity contribution in [1.29, 1.82) is 0 Å². The minimum atomic E-state index is -4.72. The molecule has 162 valence electrons. The van der Waals surface area contributed by atoms with Gasteiger partial charge in [-0.3, -0.25) is 0 Å². The number of rotatable bonds is 6. The topological polar surface area (TPSA) is 171 Å². The SMILES string of the molecule is O=S(=O)(OS(=O)(=O)c1cccc(-n2[nH]nnc2=S)c1)c1cccc(-n2[nH]nnc2=S)c1.[H-].[Na+]. The molecule has 0 amide bonds. The number of aromatic amines is 2. The van der Waals surface area contributed by atoms with E-state index in [-0.39, 0.29) is 51.9 Å². The van der Waals surface area contributed by atoms with Gasteiger partial charge >= 0.3 is 49.8 Å². The molecule has 18 heteroatoms. The van der Waals surface area contributed by atoms with Crippen molar-refractivity contribution in [2.75, 3.05) is 0 Å². The number of nitrogens with one attached hydrogen (secondary N) is 2. The first-order valence-electron chi connectivity index (χ1n) is 8.10. The Morgan fingerprint density at radius 3 is 1.53 bits per heavy atom. The molecular formula is C14H11N8NaO5S4. The Balaban J connectivity index is 0.00000193. The average molecular weight is 523 g/mol. The third-order valence-corrected chi connectivity index (χ3v) is 7.48. The van der Waals surface area contributed by atoms with E-state index in [1.165, 1.54) is 45.8 Å². The number of tetrazole rings is 2. The van der Waals surface area contributed by atoms with Gasteiger partial charge in [0.2, 0.25) is 9.54 Å². The molecule has 32 heavy (non-hydrogen) atoms. The zero-order valence-electron chi connectivity index (χ0n) is 17.0. The minimum Gasteiger partial charge on any atom is -1.00 e. The summed E-state index contributed by atoms with van der Waals surface area (Å²) in [4.78, 5) is -0.831. The molecule has 2 aromatic carbocycles. The van der Waals surface area contributed by atoms with Crippen molar-refractivity contribution in [3.05, 3.63) is 58.1 Å². The number of benzene rings is 2. The average Bonchev–Trinajstić information content (AvgIpc) is 3.35. The maximum Gasteiger partial charge on any atom is 1.00 e. The summed E-state index contributed by atoms with van der Waals surface area (Å²) in [6.07, 6.45) is 0. The smallest absolute Gasteiger partial charge is 1.00 e. The third kappa shape index (κ3) is 4.94. The van der Waals surface area contributed by atoms with Gasteiger partial charge in [0.1, 0.15) is 0 Å². The van der Waals surface area contributed by atoms with Crippen LogP contribution in [-0.4, -0.2) is 57.3 Å². The van der Waals surface area contributed by atoms with Crippen LogP contribution in [0.3, 0.4) is 0 Å². The summed E-state index contributed by atoms with van der Waals surface area (Å²) in [5.41, 5.74) is 0.528. The predicted octanol–water partition coefficient (Wildman–Crippen LogP) is -1.83. The number of nitrogens with zero attached hydrogens (tertiary/aromatic N) is 6.